The molecule has 1 aliphatic rings. The Morgan fingerprint density at radius 1 is 1.53 bits per heavy atom. The van der Waals surface area contributed by atoms with Crippen molar-refractivity contribution in [2.45, 2.75) is 37.0 Å². The standard InChI is InChI=1S/C10H14F3N3O2S/c1-7(8-2-3-8)16(6-10(11,12)13)19(17,18)9-4-5-14-15-9/h4-5,7-8H,2-3,6H2,1H3,(H,14,15). The van der Waals surface area contributed by atoms with Crippen LogP contribution in [0.1, 0.15) is 19.8 Å². The molecule has 0 saturated heterocycles. The van der Waals surface area contributed by atoms with Crippen LogP contribution in [0.15, 0.2) is 17.3 Å². The third-order valence-corrected chi connectivity index (χ3v) is 5.02. The Kier molecular flexibility index (Phi) is 3.61. The predicted molar refractivity (Wildman–Crippen MR) is 60.7 cm³/mol. The SMILES string of the molecule is CC(C1CC1)N(CC(F)(F)F)S(=O)(=O)c1ccn[nH]1. The molecule has 9 heteroatoms. The third-order valence-electron chi connectivity index (χ3n) is 3.16. The van der Waals surface area contributed by atoms with Gasteiger partial charge in [-0.1, -0.05) is 0 Å². The Bertz CT molecular complexity index is 523. The molecule has 0 amide bonds. The van der Waals surface area contributed by atoms with Gasteiger partial charge in [0.05, 0.1) is 6.20 Å². The summed E-state index contributed by atoms with van der Waals surface area (Å²) in [7, 11) is -4.20. The summed E-state index contributed by atoms with van der Waals surface area (Å²) in [5.74, 6) is 0.0000430. The lowest BCUT2D eigenvalue weighted by atomic mass is 10.2. The Balaban J connectivity index is 2.31. The predicted octanol–water partition coefficient (Wildman–Crippen LogP) is 1.76. The van der Waals surface area contributed by atoms with Crippen LogP contribution < -0.4 is 0 Å². The van der Waals surface area contributed by atoms with Crippen molar-refractivity contribution >= 4 is 10.0 Å². The second kappa shape index (κ2) is 4.78. The first-order valence-electron chi connectivity index (χ1n) is 5.80. The van der Waals surface area contributed by atoms with Gasteiger partial charge in [-0.2, -0.15) is 22.6 Å². The molecule has 0 spiro atoms. The average Bonchev–Trinajstić information content (AvgIpc) is 2.98. The van der Waals surface area contributed by atoms with Crippen LogP contribution in [0.4, 0.5) is 13.2 Å². The van der Waals surface area contributed by atoms with E-state index in [-0.39, 0.29) is 10.9 Å². The van der Waals surface area contributed by atoms with Crippen LogP contribution in [-0.4, -0.2) is 41.7 Å². The number of rotatable bonds is 5. The molecule has 1 fully saturated rings. The van der Waals surface area contributed by atoms with Gasteiger partial charge in [0.25, 0.3) is 10.0 Å². The molecule has 1 unspecified atom stereocenters. The normalized spacial score (nSPS) is 18.8. The topological polar surface area (TPSA) is 66.1 Å². The van der Waals surface area contributed by atoms with Gasteiger partial charge in [-0.05, 0) is 31.7 Å². The molecular weight excluding hydrogens is 283 g/mol. The largest absolute Gasteiger partial charge is 0.402 e. The number of H-pyrrole nitrogens is 1. The first-order valence-corrected chi connectivity index (χ1v) is 7.24. The maximum absolute atomic E-state index is 12.6. The number of aromatic amines is 1. The minimum Gasteiger partial charge on any atom is -0.266 e. The van der Waals surface area contributed by atoms with Crippen molar-refractivity contribution in [2.24, 2.45) is 5.92 Å². The molecule has 19 heavy (non-hydrogen) atoms. The second-order valence-corrected chi connectivity index (χ2v) is 6.52. The smallest absolute Gasteiger partial charge is 0.266 e. The molecular formula is C10H14F3N3O2S. The summed E-state index contributed by atoms with van der Waals surface area (Å²) in [6.45, 7) is 0.0311. The molecule has 1 aromatic heterocycles. The molecule has 0 aliphatic heterocycles. The third kappa shape index (κ3) is 3.27. The maximum atomic E-state index is 12.6. The molecule has 5 nitrogen and oxygen atoms in total. The number of nitrogens with one attached hydrogen (secondary N) is 1. The number of sulfonamides is 1. The van der Waals surface area contributed by atoms with Crippen molar-refractivity contribution < 1.29 is 21.6 Å². The van der Waals surface area contributed by atoms with Gasteiger partial charge in [-0.15, -0.1) is 0 Å². The first kappa shape index (κ1) is 14.3. The Morgan fingerprint density at radius 2 is 2.16 bits per heavy atom. The van der Waals surface area contributed by atoms with Crippen molar-refractivity contribution in [3.05, 3.63) is 12.3 Å². The van der Waals surface area contributed by atoms with Crippen LogP contribution in [0.5, 0.6) is 0 Å². The first-order chi connectivity index (χ1) is 8.72. The highest BCUT2D eigenvalue weighted by Crippen LogP contribution is 2.38. The van der Waals surface area contributed by atoms with E-state index in [0.29, 0.717) is 4.31 Å². The molecule has 1 aliphatic carbocycles. The van der Waals surface area contributed by atoms with Crippen molar-refractivity contribution in [3.63, 3.8) is 0 Å². The molecule has 1 atom stereocenters. The van der Waals surface area contributed by atoms with Gasteiger partial charge in [0.1, 0.15) is 6.54 Å². The van der Waals surface area contributed by atoms with Crippen molar-refractivity contribution in [2.75, 3.05) is 6.54 Å². The van der Waals surface area contributed by atoms with Gasteiger partial charge in [-0.25, -0.2) is 8.42 Å². The van der Waals surface area contributed by atoms with Crippen LogP contribution in [-0.2, 0) is 10.0 Å². The molecule has 1 aromatic rings. The summed E-state index contributed by atoms with van der Waals surface area (Å²) in [4.78, 5) is 0. The van der Waals surface area contributed by atoms with Gasteiger partial charge in [0, 0.05) is 6.04 Å². The highest BCUT2D eigenvalue weighted by atomic mass is 32.2. The van der Waals surface area contributed by atoms with E-state index in [1.807, 2.05) is 0 Å². The van der Waals surface area contributed by atoms with Crippen LogP contribution in [0.3, 0.4) is 0 Å². The van der Waals surface area contributed by atoms with Gasteiger partial charge >= 0.3 is 6.18 Å². The van der Waals surface area contributed by atoms with E-state index in [4.69, 9.17) is 0 Å². The monoisotopic (exact) mass is 297 g/mol. The summed E-state index contributed by atoms with van der Waals surface area (Å²) in [6, 6.07) is 0.480. The zero-order chi connectivity index (χ0) is 14.3. The van der Waals surface area contributed by atoms with Gasteiger partial charge in [0.2, 0.25) is 0 Å². The Labute approximate surface area is 108 Å². The molecule has 0 radical (unpaired) electrons. The Hall–Kier alpha value is -1.09. The lowest BCUT2D eigenvalue weighted by Crippen LogP contribution is -2.45. The molecule has 1 saturated carbocycles. The van der Waals surface area contributed by atoms with Crippen molar-refractivity contribution in [1.82, 2.24) is 14.5 Å². The summed E-state index contributed by atoms with van der Waals surface area (Å²) in [5.41, 5.74) is 0. The minimum absolute atomic E-state index is 0.0000430. The molecule has 108 valence electrons. The zero-order valence-electron chi connectivity index (χ0n) is 10.2. The van der Waals surface area contributed by atoms with Crippen LogP contribution in [0, 0.1) is 5.92 Å². The van der Waals surface area contributed by atoms with Gasteiger partial charge in [0.15, 0.2) is 5.03 Å². The number of hydrogen-bond acceptors (Lipinski definition) is 3. The fourth-order valence-electron chi connectivity index (χ4n) is 1.95. The van der Waals surface area contributed by atoms with Crippen LogP contribution in [0.25, 0.3) is 0 Å². The van der Waals surface area contributed by atoms with Crippen LogP contribution >= 0.6 is 0 Å². The number of hydrogen-bond donors (Lipinski definition) is 1. The number of halogens is 3. The molecule has 0 aromatic carbocycles. The molecule has 1 N–H and O–H groups in total. The highest BCUT2D eigenvalue weighted by Gasteiger charge is 2.44. The van der Waals surface area contributed by atoms with E-state index in [1.54, 1.807) is 0 Å². The molecule has 2 rings (SSSR count). The quantitative estimate of drug-likeness (QED) is 0.900. The molecule has 0 bridgehead atoms. The summed E-state index contributed by atoms with van der Waals surface area (Å²) in [5, 5.41) is 5.37. The van der Waals surface area contributed by atoms with Gasteiger partial charge < -0.3 is 0 Å². The summed E-state index contributed by atoms with van der Waals surface area (Å²) < 4.78 is 62.7. The zero-order valence-corrected chi connectivity index (χ0v) is 11.0. The number of aromatic nitrogens is 2. The minimum atomic E-state index is -4.57. The molecule has 1 heterocycles. The Morgan fingerprint density at radius 3 is 2.58 bits per heavy atom. The van der Waals surface area contributed by atoms with E-state index < -0.39 is 28.8 Å². The second-order valence-electron chi connectivity index (χ2n) is 4.66. The number of alkyl halides is 3. The lowest BCUT2D eigenvalue weighted by molar-refractivity contribution is -0.139. The highest BCUT2D eigenvalue weighted by molar-refractivity contribution is 7.89. The average molecular weight is 297 g/mol. The van der Waals surface area contributed by atoms with Crippen molar-refractivity contribution in [3.8, 4) is 0 Å². The number of nitrogens with zero attached hydrogens (tertiary/aromatic N) is 2. The van der Waals surface area contributed by atoms with E-state index in [9.17, 15) is 21.6 Å². The fraction of sp³-hybridized carbons (Fsp3) is 0.700. The van der Waals surface area contributed by atoms with E-state index in [1.165, 1.54) is 13.1 Å². The summed E-state index contributed by atoms with van der Waals surface area (Å²) in [6.07, 6.45) is -1.86. The maximum Gasteiger partial charge on any atom is 0.402 e. The van der Waals surface area contributed by atoms with Gasteiger partial charge in [-0.3, -0.25) is 5.10 Å². The summed E-state index contributed by atoms with van der Waals surface area (Å²) >= 11 is 0. The van der Waals surface area contributed by atoms with E-state index in [0.717, 1.165) is 18.9 Å². The van der Waals surface area contributed by atoms with Crippen LogP contribution in [0.2, 0.25) is 0 Å². The van der Waals surface area contributed by atoms with E-state index >= 15 is 0 Å². The van der Waals surface area contributed by atoms with Crippen molar-refractivity contribution in [1.29, 1.82) is 0 Å². The van der Waals surface area contributed by atoms with E-state index in [2.05, 4.69) is 10.2 Å². The lowest BCUT2D eigenvalue weighted by Gasteiger charge is -2.28. The fourth-order valence-corrected chi connectivity index (χ4v) is 3.53.